The van der Waals surface area contributed by atoms with Gasteiger partial charge in [-0.25, -0.2) is 0 Å². The molecule has 1 nitrogen and oxygen atoms in total. The number of allylic oxidation sites excluding steroid dienone is 2. The Bertz CT molecular complexity index is 259. The van der Waals surface area contributed by atoms with Crippen LogP contribution in [0.4, 0.5) is 0 Å². The fourth-order valence-corrected chi connectivity index (χ4v) is 3.43. The zero-order chi connectivity index (χ0) is 10.9. The molecule has 2 aliphatic rings. The zero-order valence-corrected chi connectivity index (χ0v) is 9.91. The molecule has 0 saturated heterocycles. The van der Waals surface area contributed by atoms with Crippen molar-refractivity contribution in [1.82, 2.24) is 0 Å². The molecule has 0 aliphatic heterocycles. The minimum atomic E-state index is 0.184. The summed E-state index contributed by atoms with van der Waals surface area (Å²) in [6.07, 6.45) is 12.1. The third-order valence-corrected chi connectivity index (χ3v) is 4.40. The number of carbonyl (C=O) groups excluding carboxylic acids is 1. The topological polar surface area (TPSA) is 17.1 Å². The van der Waals surface area contributed by atoms with Crippen LogP contribution < -0.4 is 0 Å². The minimum Gasteiger partial charge on any atom is -0.303 e. The van der Waals surface area contributed by atoms with Crippen LogP contribution in [0.15, 0.2) is 12.2 Å². The van der Waals surface area contributed by atoms with Crippen molar-refractivity contribution >= 4 is 6.29 Å². The summed E-state index contributed by atoms with van der Waals surface area (Å²) >= 11 is 0. The van der Waals surface area contributed by atoms with E-state index in [4.69, 9.17) is 0 Å². The Balaban J connectivity index is 2.14. The van der Waals surface area contributed by atoms with Crippen molar-refractivity contribution in [2.45, 2.75) is 46.0 Å². The standard InChI is InChI=1S/C14H22O/c1-14(2)8-7-11(10-15)9-13(14)12-5-3-4-6-12/h7-8,10-13H,3-6,9H2,1-2H3. The molecule has 0 radical (unpaired) electrons. The molecular formula is C14H22O. The molecule has 0 aromatic rings. The summed E-state index contributed by atoms with van der Waals surface area (Å²) in [5, 5.41) is 0. The van der Waals surface area contributed by atoms with Crippen LogP contribution in [0.5, 0.6) is 0 Å². The van der Waals surface area contributed by atoms with Crippen molar-refractivity contribution in [1.29, 1.82) is 0 Å². The van der Waals surface area contributed by atoms with Crippen LogP contribution >= 0.6 is 0 Å². The van der Waals surface area contributed by atoms with E-state index in [9.17, 15) is 4.79 Å². The molecule has 0 spiro atoms. The summed E-state index contributed by atoms with van der Waals surface area (Å²) in [4.78, 5) is 10.9. The third kappa shape index (κ3) is 2.16. The van der Waals surface area contributed by atoms with Crippen molar-refractivity contribution in [2.24, 2.45) is 23.2 Å². The van der Waals surface area contributed by atoms with E-state index in [-0.39, 0.29) is 5.92 Å². The Morgan fingerprint density at radius 2 is 1.93 bits per heavy atom. The Kier molecular flexibility index (Phi) is 2.99. The van der Waals surface area contributed by atoms with E-state index in [2.05, 4.69) is 26.0 Å². The highest BCUT2D eigenvalue weighted by molar-refractivity contribution is 5.57. The van der Waals surface area contributed by atoms with Gasteiger partial charge in [0, 0.05) is 5.92 Å². The average molecular weight is 206 g/mol. The third-order valence-electron chi connectivity index (χ3n) is 4.40. The Morgan fingerprint density at radius 1 is 1.27 bits per heavy atom. The number of rotatable bonds is 2. The van der Waals surface area contributed by atoms with Gasteiger partial charge in [0.15, 0.2) is 0 Å². The van der Waals surface area contributed by atoms with E-state index in [1.807, 2.05) is 0 Å². The summed E-state index contributed by atoms with van der Waals surface area (Å²) in [7, 11) is 0. The Hall–Kier alpha value is -0.590. The lowest BCUT2D eigenvalue weighted by Crippen LogP contribution is -2.33. The maximum absolute atomic E-state index is 10.9. The van der Waals surface area contributed by atoms with E-state index in [0.29, 0.717) is 5.41 Å². The normalized spacial score (nSPS) is 35.6. The first-order valence-electron chi connectivity index (χ1n) is 6.28. The van der Waals surface area contributed by atoms with Gasteiger partial charge < -0.3 is 4.79 Å². The fourth-order valence-electron chi connectivity index (χ4n) is 3.43. The van der Waals surface area contributed by atoms with Crippen molar-refractivity contribution in [2.75, 3.05) is 0 Å². The molecule has 1 saturated carbocycles. The van der Waals surface area contributed by atoms with Crippen LogP contribution in [0.3, 0.4) is 0 Å². The number of aldehydes is 1. The first-order valence-corrected chi connectivity index (χ1v) is 6.28. The first-order chi connectivity index (χ1) is 7.13. The van der Waals surface area contributed by atoms with Gasteiger partial charge >= 0.3 is 0 Å². The van der Waals surface area contributed by atoms with Gasteiger partial charge in [-0.1, -0.05) is 51.7 Å². The molecule has 0 amide bonds. The minimum absolute atomic E-state index is 0.184. The summed E-state index contributed by atoms with van der Waals surface area (Å²) in [5.74, 6) is 1.77. The highest BCUT2D eigenvalue weighted by atomic mass is 16.1. The Labute approximate surface area is 92.9 Å². The second kappa shape index (κ2) is 4.11. The average Bonchev–Trinajstić information content (AvgIpc) is 2.70. The lowest BCUT2D eigenvalue weighted by molar-refractivity contribution is -0.110. The quantitative estimate of drug-likeness (QED) is 0.498. The molecule has 2 rings (SSSR count). The highest BCUT2D eigenvalue weighted by Crippen LogP contribution is 2.47. The molecule has 0 aromatic heterocycles. The second-order valence-corrected chi connectivity index (χ2v) is 5.87. The van der Waals surface area contributed by atoms with Crippen LogP contribution in [0, 0.1) is 23.2 Å². The van der Waals surface area contributed by atoms with Gasteiger partial charge in [0.05, 0.1) is 0 Å². The van der Waals surface area contributed by atoms with E-state index in [1.54, 1.807) is 0 Å². The molecule has 2 atom stereocenters. The van der Waals surface area contributed by atoms with Crippen LogP contribution in [0.2, 0.25) is 0 Å². The van der Waals surface area contributed by atoms with Crippen LogP contribution in [-0.2, 0) is 4.79 Å². The lowest BCUT2D eigenvalue weighted by Gasteiger charge is -2.40. The zero-order valence-electron chi connectivity index (χ0n) is 9.91. The maximum atomic E-state index is 10.9. The SMILES string of the molecule is CC1(C)C=CC(C=O)CC1C1CCCC1. The van der Waals surface area contributed by atoms with Crippen LogP contribution in [-0.4, -0.2) is 6.29 Å². The molecule has 15 heavy (non-hydrogen) atoms. The van der Waals surface area contributed by atoms with Gasteiger partial charge in [-0.05, 0) is 23.7 Å². The lowest BCUT2D eigenvalue weighted by atomic mass is 9.64. The van der Waals surface area contributed by atoms with Crippen LogP contribution in [0.25, 0.3) is 0 Å². The van der Waals surface area contributed by atoms with Gasteiger partial charge in [-0.2, -0.15) is 0 Å². The smallest absolute Gasteiger partial charge is 0.126 e. The molecule has 84 valence electrons. The summed E-state index contributed by atoms with van der Waals surface area (Å²) in [6, 6.07) is 0. The number of carbonyl (C=O) groups is 1. The molecule has 2 unspecified atom stereocenters. The van der Waals surface area contributed by atoms with E-state index >= 15 is 0 Å². The molecule has 0 N–H and O–H groups in total. The predicted octanol–water partition coefficient (Wildman–Crippen LogP) is 3.59. The summed E-state index contributed by atoms with van der Waals surface area (Å²) < 4.78 is 0. The predicted molar refractivity (Wildman–Crippen MR) is 62.5 cm³/mol. The van der Waals surface area contributed by atoms with Gasteiger partial charge in [-0.15, -0.1) is 0 Å². The van der Waals surface area contributed by atoms with Crippen molar-refractivity contribution < 1.29 is 4.79 Å². The van der Waals surface area contributed by atoms with Crippen molar-refractivity contribution in [3.05, 3.63) is 12.2 Å². The summed E-state index contributed by atoms with van der Waals surface area (Å²) in [5.41, 5.74) is 0.300. The largest absolute Gasteiger partial charge is 0.303 e. The van der Waals surface area contributed by atoms with Crippen molar-refractivity contribution in [3.8, 4) is 0 Å². The van der Waals surface area contributed by atoms with Crippen molar-refractivity contribution in [3.63, 3.8) is 0 Å². The van der Waals surface area contributed by atoms with Crippen LogP contribution in [0.1, 0.15) is 46.0 Å². The van der Waals surface area contributed by atoms with Gasteiger partial charge in [0.25, 0.3) is 0 Å². The summed E-state index contributed by atoms with van der Waals surface area (Å²) in [6.45, 7) is 4.65. The van der Waals surface area contributed by atoms with Gasteiger partial charge in [0.1, 0.15) is 6.29 Å². The maximum Gasteiger partial charge on any atom is 0.126 e. The molecule has 1 fully saturated rings. The Morgan fingerprint density at radius 3 is 2.53 bits per heavy atom. The molecule has 2 aliphatic carbocycles. The first kappa shape index (κ1) is 10.9. The number of hydrogen-bond donors (Lipinski definition) is 0. The second-order valence-electron chi connectivity index (χ2n) is 5.87. The fraction of sp³-hybridized carbons (Fsp3) is 0.786. The highest BCUT2D eigenvalue weighted by Gasteiger charge is 2.38. The number of hydrogen-bond acceptors (Lipinski definition) is 1. The monoisotopic (exact) mass is 206 g/mol. The molecule has 0 aromatic carbocycles. The molecule has 0 bridgehead atoms. The van der Waals surface area contributed by atoms with E-state index < -0.39 is 0 Å². The molecular weight excluding hydrogens is 184 g/mol. The van der Waals surface area contributed by atoms with Gasteiger partial charge in [0.2, 0.25) is 0 Å². The molecule has 0 heterocycles. The van der Waals surface area contributed by atoms with E-state index in [1.165, 1.54) is 25.7 Å². The van der Waals surface area contributed by atoms with E-state index in [0.717, 1.165) is 24.5 Å². The molecule has 1 heteroatoms. The van der Waals surface area contributed by atoms with Gasteiger partial charge in [-0.3, -0.25) is 0 Å².